The van der Waals surface area contributed by atoms with Gasteiger partial charge in [0.2, 0.25) is 0 Å². The number of nitrogens with two attached hydrogens (primary N) is 1. The maximum absolute atomic E-state index is 10.8. The lowest BCUT2D eigenvalue weighted by Gasteiger charge is -1.99. The molecule has 1 aromatic heterocycles. The van der Waals surface area contributed by atoms with Crippen LogP contribution in [0.2, 0.25) is 5.02 Å². The zero-order valence-electron chi connectivity index (χ0n) is 8.30. The summed E-state index contributed by atoms with van der Waals surface area (Å²) in [6, 6.07) is 10.6. The summed E-state index contributed by atoms with van der Waals surface area (Å²) >= 11 is 5.78. The summed E-state index contributed by atoms with van der Waals surface area (Å²) in [4.78, 5) is 15.2. The van der Waals surface area contributed by atoms with Crippen LogP contribution in [0.1, 0.15) is 0 Å². The Morgan fingerprint density at radius 1 is 1.12 bits per heavy atom. The molecule has 0 saturated heterocycles. The number of nitroso groups, excluding NO2 is 1. The van der Waals surface area contributed by atoms with Gasteiger partial charge in [-0.25, -0.2) is 4.98 Å². The Morgan fingerprint density at radius 2 is 1.81 bits per heavy atom. The molecular formula is C11H9ClN3O+. The van der Waals surface area contributed by atoms with E-state index in [0.29, 0.717) is 10.7 Å². The lowest BCUT2D eigenvalue weighted by molar-refractivity contribution is -0.475. The van der Waals surface area contributed by atoms with E-state index in [2.05, 4.69) is 4.98 Å². The van der Waals surface area contributed by atoms with E-state index < -0.39 is 0 Å². The molecule has 0 bridgehead atoms. The summed E-state index contributed by atoms with van der Waals surface area (Å²) in [5.41, 5.74) is 2.02. The summed E-state index contributed by atoms with van der Waals surface area (Å²) in [6.45, 7) is 0. The monoisotopic (exact) mass is 234 g/mol. The molecule has 80 valence electrons. The van der Waals surface area contributed by atoms with Gasteiger partial charge in [-0.05, 0) is 18.2 Å². The summed E-state index contributed by atoms with van der Waals surface area (Å²) in [7, 11) is 0. The number of rotatable bonds is 2. The van der Waals surface area contributed by atoms with Gasteiger partial charge in [-0.2, -0.15) is 5.84 Å². The van der Waals surface area contributed by atoms with Crippen molar-refractivity contribution in [1.82, 2.24) is 4.98 Å². The number of halogens is 1. The Morgan fingerprint density at radius 3 is 2.31 bits per heavy atom. The van der Waals surface area contributed by atoms with Gasteiger partial charge in [0.25, 0.3) is 0 Å². The van der Waals surface area contributed by atoms with Crippen molar-refractivity contribution in [3.05, 3.63) is 52.5 Å². The first-order valence-corrected chi connectivity index (χ1v) is 4.98. The lowest BCUT2D eigenvalue weighted by atomic mass is 10.1. The maximum atomic E-state index is 10.8. The second kappa shape index (κ2) is 4.28. The molecular weight excluding hydrogens is 226 g/mol. The average molecular weight is 235 g/mol. The van der Waals surface area contributed by atoms with Crippen LogP contribution in [0.3, 0.4) is 0 Å². The highest BCUT2D eigenvalue weighted by Gasteiger charge is 2.08. The van der Waals surface area contributed by atoms with E-state index in [9.17, 15) is 4.91 Å². The van der Waals surface area contributed by atoms with Crippen molar-refractivity contribution in [2.45, 2.75) is 0 Å². The van der Waals surface area contributed by atoms with Gasteiger partial charge in [0.05, 0.1) is 10.6 Å². The van der Waals surface area contributed by atoms with Crippen molar-refractivity contribution in [1.29, 1.82) is 0 Å². The molecule has 0 aliphatic rings. The standard InChI is InChI=1S/C11H9ClN3O/c12-9-3-1-8(2-4-9)11-6-5-10(7-14-11)15(13)16/h1-7H,(H2,13,16)/q+1. The Bertz CT molecular complexity index is 508. The maximum Gasteiger partial charge on any atom is 0.309 e. The highest BCUT2D eigenvalue weighted by atomic mass is 35.5. The van der Waals surface area contributed by atoms with Gasteiger partial charge < -0.3 is 0 Å². The van der Waals surface area contributed by atoms with E-state index >= 15 is 0 Å². The summed E-state index contributed by atoms with van der Waals surface area (Å²) in [5.74, 6) is 5.04. The second-order valence-electron chi connectivity index (χ2n) is 3.23. The number of pyridine rings is 1. The quantitative estimate of drug-likeness (QED) is 0.494. The molecule has 5 heteroatoms. The normalized spacial score (nSPS) is 10.1. The molecule has 2 aromatic rings. The van der Waals surface area contributed by atoms with Crippen LogP contribution >= 0.6 is 11.6 Å². The first kappa shape index (κ1) is 10.6. The molecule has 0 aliphatic carbocycles. The van der Waals surface area contributed by atoms with Crippen molar-refractivity contribution in [3.63, 3.8) is 0 Å². The fourth-order valence-corrected chi connectivity index (χ4v) is 1.43. The molecule has 0 atom stereocenters. The zero-order chi connectivity index (χ0) is 11.5. The molecule has 1 aromatic carbocycles. The number of hydrogen-bond donors (Lipinski definition) is 1. The molecule has 0 unspecified atom stereocenters. The van der Waals surface area contributed by atoms with Crippen LogP contribution in [0, 0.1) is 4.91 Å². The van der Waals surface area contributed by atoms with Crippen LogP contribution in [0.15, 0.2) is 42.6 Å². The number of hydrogen-bond acceptors (Lipinski definition) is 2. The largest absolute Gasteiger partial charge is 0.309 e. The van der Waals surface area contributed by atoms with Crippen LogP contribution in [-0.4, -0.2) is 9.85 Å². The molecule has 4 nitrogen and oxygen atoms in total. The third-order valence-electron chi connectivity index (χ3n) is 2.14. The van der Waals surface area contributed by atoms with Crippen molar-refractivity contribution in [2.75, 3.05) is 0 Å². The van der Waals surface area contributed by atoms with Gasteiger partial charge in [0.1, 0.15) is 6.20 Å². The molecule has 0 radical (unpaired) electrons. The molecule has 0 aliphatic heterocycles. The highest BCUT2D eigenvalue weighted by Crippen LogP contribution is 2.20. The van der Waals surface area contributed by atoms with Crippen LogP contribution in [0.4, 0.5) is 5.69 Å². The molecule has 1 heterocycles. The fourth-order valence-electron chi connectivity index (χ4n) is 1.31. The van der Waals surface area contributed by atoms with E-state index in [4.69, 9.17) is 17.4 Å². The number of nitrogens with zero attached hydrogens (tertiary/aromatic N) is 2. The average Bonchev–Trinajstić information content (AvgIpc) is 2.30. The van der Waals surface area contributed by atoms with E-state index in [1.165, 1.54) is 6.20 Å². The Balaban J connectivity index is 2.34. The molecule has 16 heavy (non-hydrogen) atoms. The third-order valence-corrected chi connectivity index (χ3v) is 2.39. The topological polar surface area (TPSA) is 59.0 Å². The molecule has 0 amide bonds. The van der Waals surface area contributed by atoms with E-state index in [1.54, 1.807) is 24.3 Å². The second-order valence-corrected chi connectivity index (χ2v) is 3.67. The van der Waals surface area contributed by atoms with Crippen molar-refractivity contribution < 1.29 is 4.87 Å². The molecule has 2 N–H and O–H groups in total. The van der Waals surface area contributed by atoms with Gasteiger partial charge >= 0.3 is 5.69 Å². The molecule has 0 saturated carbocycles. The predicted molar refractivity (Wildman–Crippen MR) is 62.2 cm³/mol. The number of aromatic nitrogens is 1. The van der Waals surface area contributed by atoms with Crippen LogP contribution in [-0.2, 0) is 0 Å². The number of benzene rings is 1. The smallest absolute Gasteiger partial charge is 0.249 e. The number of hydrazine groups is 1. The molecule has 2 rings (SSSR count). The van der Waals surface area contributed by atoms with Crippen molar-refractivity contribution in [3.8, 4) is 11.3 Å². The van der Waals surface area contributed by atoms with E-state index in [-0.39, 0.29) is 4.87 Å². The van der Waals surface area contributed by atoms with Crippen LogP contribution in [0.25, 0.3) is 11.3 Å². The van der Waals surface area contributed by atoms with Gasteiger partial charge in [0.15, 0.2) is 4.87 Å². The zero-order valence-corrected chi connectivity index (χ0v) is 9.06. The summed E-state index contributed by atoms with van der Waals surface area (Å²) in [5, 5.41) is 0.674. The Hall–Kier alpha value is -1.94. The minimum atomic E-state index is 0.276. The fraction of sp³-hybridized carbons (Fsp3) is 0. The molecule has 0 spiro atoms. The summed E-state index contributed by atoms with van der Waals surface area (Å²) < 4.78 is 0. The van der Waals surface area contributed by atoms with Crippen LogP contribution in [0.5, 0.6) is 0 Å². The Labute approximate surface area is 97.2 Å². The van der Waals surface area contributed by atoms with Crippen LogP contribution < -0.4 is 5.84 Å². The highest BCUT2D eigenvalue weighted by molar-refractivity contribution is 6.30. The van der Waals surface area contributed by atoms with Gasteiger partial charge in [-0.1, -0.05) is 23.7 Å². The van der Waals surface area contributed by atoms with E-state index in [0.717, 1.165) is 11.3 Å². The van der Waals surface area contributed by atoms with Gasteiger partial charge in [-0.3, -0.25) is 0 Å². The Kier molecular flexibility index (Phi) is 2.83. The van der Waals surface area contributed by atoms with Gasteiger partial charge in [-0.15, -0.1) is 0 Å². The third kappa shape index (κ3) is 2.17. The first-order valence-electron chi connectivity index (χ1n) is 4.61. The summed E-state index contributed by atoms with van der Waals surface area (Å²) in [6.07, 6.45) is 1.43. The van der Waals surface area contributed by atoms with Gasteiger partial charge in [0, 0.05) is 16.7 Å². The minimum Gasteiger partial charge on any atom is -0.249 e. The van der Waals surface area contributed by atoms with E-state index in [1.807, 2.05) is 12.1 Å². The first-order chi connectivity index (χ1) is 7.66. The molecule has 0 fully saturated rings. The lowest BCUT2D eigenvalue weighted by Crippen LogP contribution is -2.08. The minimum absolute atomic E-state index is 0.276. The van der Waals surface area contributed by atoms with Crippen molar-refractivity contribution in [2.24, 2.45) is 5.84 Å². The van der Waals surface area contributed by atoms with Crippen molar-refractivity contribution >= 4 is 17.3 Å². The SMILES string of the molecule is N[N+](=O)c1ccc(-c2ccc(Cl)cc2)nc1. The predicted octanol–water partition coefficient (Wildman–Crippen LogP) is 2.69.